The van der Waals surface area contributed by atoms with Crippen molar-refractivity contribution in [1.82, 2.24) is 9.78 Å². The molecule has 0 saturated carbocycles. The van der Waals surface area contributed by atoms with Crippen LogP contribution in [0.25, 0.3) is 16.9 Å². The van der Waals surface area contributed by atoms with Crippen LogP contribution in [-0.2, 0) is 0 Å². The lowest BCUT2D eigenvalue weighted by Gasteiger charge is -2.12. The van der Waals surface area contributed by atoms with Gasteiger partial charge in [-0.15, -0.1) is 11.8 Å². The maximum absolute atomic E-state index is 13.0. The van der Waals surface area contributed by atoms with E-state index in [4.69, 9.17) is 5.26 Å². The van der Waals surface area contributed by atoms with Crippen LogP contribution in [0.3, 0.4) is 0 Å². The number of nitrogens with one attached hydrogen (secondary N) is 1. The maximum Gasteiger partial charge on any atom is 0.255 e. The average Bonchev–Trinajstić information content (AvgIpc) is 3.31. The van der Waals surface area contributed by atoms with Gasteiger partial charge >= 0.3 is 0 Å². The zero-order chi connectivity index (χ0) is 21.5. The Morgan fingerprint density at radius 3 is 2.65 bits per heavy atom. The van der Waals surface area contributed by atoms with Gasteiger partial charge in [0.15, 0.2) is 0 Å². The number of benzene rings is 3. The fourth-order valence-corrected chi connectivity index (χ4v) is 4.07. The molecule has 4 rings (SSSR count). The number of rotatable bonds is 7. The first-order valence-electron chi connectivity index (χ1n) is 9.86. The molecular formula is C25H20N4OS. The van der Waals surface area contributed by atoms with Crippen molar-refractivity contribution in [1.29, 1.82) is 5.26 Å². The van der Waals surface area contributed by atoms with Gasteiger partial charge in [0.1, 0.15) is 0 Å². The Morgan fingerprint density at radius 2 is 1.81 bits per heavy atom. The molecule has 152 valence electrons. The summed E-state index contributed by atoms with van der Waals surface area (Å²) in [6.45, 7) is 0. The second-order valence-electron chi connectivity index (χ2n) is 6.75. The van der Waals surface area contributed by atoms with Gasteiger partial charge in [0.25, 0.3) is 5.91 Å². The molecular weight excluding hydrogens is 404 g/mol. The summed E-state index contributed by atoms with van der Waals surface area (Å²) in [4.78, 5) is 13.9. The van der Waals surface area contributed by atoms with Crippen LogP contribution < -0.4 is 5.32 Å². The highest BCUT2D eigenvalue weighted by Gasteiger charge is 2.12. The van der Waals surface area contributed by atoms with E-state index in [-0.39, 0.29) is 5.91 Å². The highest BCUT2D eigenvalue weighted by Crippen LogP contribution is 2.28. The van der Waals surface area contributed by atoms with Crippen LogP contribution in [0.15, 0.2) is 96.0 Å². The quantitative estimate of drug-likeness (QED) is 0.301. The third-order valence-corrected chi connectivity index (χ3v) is 5.75. The summed E-state index contributed by atoms with van der Waals surface area (Å²) in [6.07, 6.45) is 2.21. The Bertz CT molecular complexity index is 1230. The lowest BCUT2D eigenvalue weighted by atomic mass is 10.1. The summed E-state index contributed by atoms with van der Waals surface area (Å²) >= 11 is 1.56. The van der Waals surface area contributed by atoms with E-state index in [2.05, 4.69) is 16.5 Å². The number of carbonyl (C=O) groups is 1. The third-order valence-electron chi connectivity index (χ3n) is 4.67. The number of hydrogen-bond acceptors (Lipinski definition) is 4. The number of aromatic nitrogens is 2. The van der Waals surface area contributed by atoms with Crippen molar-refractivity contribution in [2.75, 3.05) is 11.1 Å². The molecule has 1 aromatic heterocycles. The molecule has 0 fully saturated rings. The molecule has 31 heavy (non-hydrogen) atoms. The molecule has 0 aliphatic rings. The van der Waals surface area contributed by atoms with E-state index in [0.29, 0.717) is 17.7 Å². The van der Waals surface area contributed by atoms with Crippen molar-refractivity contribution in [3.05, 3.63) is 96.7 Å². The standard InChI is InChI=1S/C25H20N4OS/c26-15-7-17-31-24-13-5-4-12-22(24)28-25(30)20-10-6-11-21(18-20)29-23(14-16-27-29)19-8-2-1-3-9-19/h1-6,8-14,16,18H,7,17H2,(H,28,30). The molecule has 3 aromatic carbocycles. The number of anilines is 1. The van der Waals surface area contributed by atoms with E-state index in [1.165, 1.54) is 0 Å². The molecule has 0 aliphatic carbocycles. The third kappa shape index (κ3) is 4.85. The molecule has 6 heteroatoms. The first kappa shape index (κ1) is 20.5. The predicted molar refractivity (Wildman–Crippen MR) is 124 cm³/mol. The van der Waals surface area contributed by atoms with Gasteiger partial charge in [-0.25, -0.2) is 4.68 Å². The molecule has 0 saturated heterocycles. The normalized spacial score (nSPS) is 10.4. The fourth-order valence-electron chi connectivity index (χ4n) is 3.21. The van der Waals surface area contributed by atoms with E-state index < -0.39 is 0 Å². The summed E-state index contributed by atoms with van der Waals surface area (Å²) in [7, 11) is 0. The molecule has 1 amide bonds. The summed E-state index contributed by atoms with van der Waals surface area (Å²) < 4.78 is 1.83. The largest absolute Gasteiger partial charge is 0.321 e. The molecule has 5 nitrogen and oxygen atoms in total. The smallest absolute Gasteiger partial charge is 0.255 e. The molecule has 0 atom stereocenters. The van der Waals surface area contributed by atoms with Crippen molar-refractivity contribution >= 4 is 23.4 Å². The molecule has 0 radical (unpaired) electrons. The minimum atomic E-state index is -0.191. The van der Waals surface area contributed by atoms with E-state index in [1.807, 2.05) is 83.5 Å². The van der Waals surface area contributed by atoms with Crippen LogP contribution in [0, 0.1) is 11.3 Å². The lowest BCUT2D eigenvalue weighted by Crippen LogP contribution is -2.13. The van der Waals surface area contributed by atoms with Gasteiger partial charge in [0, 0.05) is 28.2 Å². The highest BCUT2D eigenvalue weighted by molar-refractivity contribution is 7.99. The SMILES string of the molecule is N#CCCSc1ccccc1NC(=O)c1cccc(-n2nccc2-c2ccccc2)c1. The van der Waals surface area contributed by atoms with Gasteiger partial charge in [-0.05, 0) is 36.4 Å². The summed E-state index contributed by atoms with van der Waals surface area (Å²) in [5.74, 6) is 0.490. The van der Waals surface area contributed by atoms with E-state index >= 15 is 0 Å². The monoisotopic (exact) mass is 424 g/mol. The van der Waals surface area contributed by atoms with Crippen LogP contribution in [0.5, 0.6) is 0 Å². The second-order valence-corrected chi connectivity index (χ2v) is 7.89. The molecule has 0 aliphatic heterocycles. The van der Waals surface area contributed by atoms with Gasteiger partial charge in [-0.2, -0.15) is 10.4 Å². The Kier molecular flexibility index (Phi) is 6.46. The molecule has 1 N–H and O–H groups in total. The second kappa shape index (κ2) is 9.79. The zero-order valence-corrected chi connectivity index (χ0v) is 17.5. The number of thioether (sulfide) groups is 1. The van der Waals surface area contributed by atoms with Crippen molar-refractivity contribution in [3.63, 3.8) is 0 Å². The average molecular weight is 425 g/mol. The van der Waals surface area contributed by atoms with Crippen LogP contribution in [0.2, 0.25) is 0 Å². The number of amides is 1. The topological polar surface area (TPSA) is 70.7 Å². The van der Waals surface area contributed by atoms with E-state index in [0.717, 1.165) is 27.5 Å². The first-order valence-corrected chi connectivity index (χ1v) is 10.8. The number of nitrogens with zero attached hydrogens (tertiary/aromatic N) is 3. The molecule has 0 spiro atoms. The highest BCUT2D eigenvalue weighted by atomic mass is 32.2. The Morgan fingerprint density at radius 1 is 1.00 bits per heavy atom. The van der Waals surface area contributed by atoms with Gasteiger partial charge in [0.2, 0.25) is 0 Å². The number of hydrogen-bond donors (Lipinski definition) is 1. The van der Waals surface area contributed by atoms with Crippen LogP contribution >= 0.6 is 11.8 Å². The fraction of sp³-hybridized carbons (Fsp3) is 0.0800. The minimum Gasteiger partial charge on any atom is -0.321 e. The summed E-state index contributed by atoms with van der Waals surface area (Å²) in [5.41, 5.74) is 4.11. The first-order chi connectivity index (χ1) is 15.3. The van der Waals surface area contributed by atoms with E-state index in [1.54, 1.807) is 24.0 Å². The lowest BCUT2D eigenvalue weighted by molar-refractivity contribution is 0.102. The van der Waals surface area contributed by atoms with E-state index in [9.17, 15) is 4.79 Å². The van der Waals surface area contributed by atoms with Crippen molar-refractivity contribution in [3.8, 4) is 23.0 Å². The van der Waals surface area contributed by atoms with Gasteiger partial charge in [-0.1, -0.05) is 48.5 Å². The van der Waals surface area contributed by atoms with Crippen LogP contribution in [0.1, 0.15) is 16.8 Å². The molecule has 1 heterocycles. The number of nitriles is 1. The van der Waals surface area contributed by atoms with Crippen LogP contribution in [-0.4, -0.2) is 21.4 Å². The van der Waals surface area contributed by atoms with Crippen molar-refractivity contribution < 1.29 is 4.79 Å². The Labute approximate surface area is 185 Å². The van der Waals surface area contributed by atoms with Crippen molar-refractivity contribution in [2.45, 2.75) is 11.3 Å². The van der Waals surface area contributed by atoms with Gasteiger partial charge in [-0.3, -0.25) is 4.79 Å². The van der Waals surface area contributed by atoms with Crippen molar-refractivity contribution in [2.24, 2.45) is 0 Å². The Hall–Kier alpha value is -3.82. The number of carbonyl (C=O) groups excluding carboxylic acids is 1. The minimum absolute atomic E-state index is 0.191. The van der Waals surface area contributed by atoms with Crippen LogP contribution in [0.4, 0.5) is 5.69 Å². The molecule has 0 unspecified atom stereocenters. The van der Waals surface area contributed by atoms with Gasteiger partial charge in [0.05, 0.1) is 29.3 Å². The molecule has 0 bridgehead atoms. The number of para-hydroxylation sites is 1. The summed E-state index contributed by atoms with van der Waals surface area (Å²) in [6, 6.07) is 29.2. The Balaban J connectivity index is 1.57. The zero-order valence-electron chi connectivity index (χ0n) is 16.7. The maximum atomic E-state index is 13.0. The summed E-state index contributed by atoms with van der Waals surface area (Å²) in [5, 5.41) is 16.2. The van der Waals surface area contributed by atoms with Gasteiger partial charge < -0.3 is 5.32 Å². The predicted octanol–water partition coefficient (Wildman–Crippen LogP) is 5.80. The molecule has 4 aromatic rings.